The highest BCUT2D eigenvalue weighted by Crippen LogP contribution is 2.14. The number of halogens is 1. The van der Waals surface area contributed by atoms with Gasteiger partial charge in [-0.25, -0.2) is 0 Å². The first-order chi connectivity index (χ1) is 8.43. The van der Waals surface area contributed by atoms with E-state index in [9.17, 15) is 17.1 Å². The van der Waals surface area contributed by atoms with E-state index in [2.05, 4.69) is 17.6 Å². The van der Waals surface area contributed by atoms with Crippen molar-refractivity contribution in [2.24, 2.45) is 0 Å². The second-order valence-electron chi connectivity index (χ2n) is 3.47. The number of hydrogen-bond donors (Lipinski definition) is 1. The van der Waals surface area contributed by atoms with Gasteiger partial charge in [-0.1, -0.05) is 18.7 Å². The number of amides is 1. The molecule has 0 heterocycles. The summed E-state index contributed by atoms with van der Waals surface area (Å²) in [7, 11) is -4.69. The first-order valence-corrected chi connectivity index (χ1v) is 6.49. The second-order valence-corrected chi connectivity index (χ2v) is 4.82. The van der Waals surface area contributed by atoms with Gasteiger partial charge in [0.15, 0.2) is 0 Å². The Balaban J connectivity index is 2.64. The van der Waals surface area contributed by atoms with Crippen LogP contribution in [0.2, 0.25) is 0 Å². The number of carbonyl (C=O) groups excluding carboxylic acids is 1. The maximum absolute atomic E-state index is 12.7. The Labute approximate surface area is 105 Å². The highest BCUT2D eigenvalue weighted by molar-refractivity contribution is 7.86. The molecule has 0 radical (unpaired) electrons. The molecule has 0 bridgehead atoms. The Kier molecular flexibility index (Phi) is 4.83. The van der Waals surface area contributed by atoms with Gasteiger partial charge in [-0.15, -0.1) is 9.62 Å². The summed E-state index contributed by atoms with van der Waals surface area (Å²) in [5.74, 6) is -0.334. The van der Waals surface area contributed by atoms with Crippen molar-refractivity contribution >= 4 is 16.1 Å². The molecule has 6 heteroatoms. The van der Waals surface area contributed by atoms with Crippen molar-refractivity contribution in [2.45, 2.75) is 11.3 Å². The minimum Gasteiger partial charge on any atom is -0.352 e. The van der Waals surface area contributed by atoms with Gasteiger partial charge < -0.3 is 5.32 Å². The average Bonchev–Trinajstić information content (AvgIpc) is 2.29. The standard InChI is InChI=1S/C12H12FNO3S/c1-2-4-12(15)14-8-7-10-5-3-6-11(9-10)18(13,16)17/h3-6,9H,1,7-8H2,(H,14,15). The summed E-state index contributed by atoms with van der Waals surface area (Å²) in [5, 5.41) is 2.55. The number of carbonyl (C=O) groups is 1. The minimum absolute atomic E-state index is 0.312. The average molecular weight is 269 g/mol. The van der Waals surface area contributed by atoms with E-state index in [1.807, 2.05) is 0 Å². The van der Waals surface area contributed by atoms with E-state index in [0.717, 1.165) is 6.08 Å². The quantitative estimate of drug-likeness (QED) is 0.498. The lowest BCUT2D eigenvalue weighted by atomic mass is 10.1. The first kappa shape index (κ1) is 14.2. The van der Waals surface area contributed by atoms with Crippen LogP contribution in [0.25, 0.3) is 0 Å². The summed E-state index contributed by atoms with van der Waals surface area (Å²) in [6.07, 6.45) is 1.56. The zero-order chi connectivity index (χ0) is 13.6. The van der Waals surface area contributed by atoms with Gasteiger partial charge in [0.1, 0.15) is 0 Å². The highest BCUT2D eigenvalue weighted by atomic mass is 32.3. The molecule has 0 atom stereocenters. The zero-order valence-corrected chi connectivity index (χ0v) is 10.3. The van der Waals surface area contributed by atoms with Crippen LogP contribution in [0.15, 0.2) is 47.5 Å². The van der Waals surface area contributed by atoms with Crippen molar-refractivity contribution in [1.29, 1.82) is 0 Å². The van der Waals surface area contributed by atoms with E-state index in [0.29, 0.717) is 18.5 Å². The van der Waals surface area contributed by atoms with Crippen LogP contribution in [0.4, 0.5) is 3.89 Å². The molecule has 0 aliphatic heterocycles. The Morgan fingerprint density at radius 3 is 2.83 bits per heavy atom. The number of benzene rings is 1. The summed E-state index contributed by atoms with van der Waals surface area (Å²) in [6, 6.07) is 5.53. The van der Waals surface area contributed by atoms with Gasteiger partial charge in [0, 0.05) is 12.6 Å². The van der Waals surface area contributed by atoms with Crippen LogP contribution in [-0.4, -0.2) is 20.9 Å². The van der Waals surface area contributed by atoms with E-state index in [4.69, 9.17) is 0 Å². The molecule has 1 aromatic carbocycles. The van der Waals surface area contributed by atoms with Gasteiger partial charge in [0.2, 0.25) is 0 Å². The molecule has 0 spiro atoms. The molecule has 0 aliphatic carbocycles. The molecule has 0 saturated carbocycles. The third kappa shape index (κ3) is 4.53. The number of hydrogen-bond acceptors (Lipinski definition) is 3. The van der Waals surface area contributed by atoms with Crippen molar-refractivity contribution in [2.75, 3.05) is 6.54 Å². The van der Waals surface area contributed by atoms with E-state index < -0.39 is 10.2 Å². The first-order valence-electron chi connectivity index (χ1n) is 5.11. The predicted octanol–water partition coefficient (Wildman–Crippen LogP) is 1.34. The lowest BCUT2D eigenvalue weighted by Crippen LogP contribution is -2.23. The molecule has 96 valence electrons. The molecular formula is C12H12FNO3S. The van der Waals surface area contributed by atoms with Gasteiger partial charge >= 0.3 is 10.2 Å². The Morgan fingerprint density at radius 2 is 2.22 bits per heavy atom. The van der Waals surface area contributed by atoms with Crippen molar-refractivity contribution in [1.82, 2.24) is 5.32 Å². The normalized spacial score (nSPS) is 10.5. The Hall–Kier alpha value is -1.91. The van der Waals surface area contributed by atoms with Crippen LogP contribution in [-0.2, 0) is 21.4 Å². The molecule has 1 N–H and O–H groups in total. The van der Waals surface area contributed by atoms with Gasteiger partial charge in [-0.3, -0.25) is 4.79 Å². The third-order valence-electron chi connectivity index (χ3n) is 2.13. The van der Waals surface area contributed by atoms with Gasteiger partial charge in [-0.2, -0.15) is 8.42 Å². The van der Waals surface area contributed by atoms with Crippen molar-refractivity contribution in [3.05, 3.63) is 48.2 Å². The van der Waals surface area contributed by atoms with E-state index in [1.54, 1.807) is 6.07 Å². The van der Waals surface area contributed by atoms with Crippen molar-refractivity contribution < 1.29 is 17.1 Å². The predicted molar refractivity (Wildman–Crippen MR) is 65.2 cm³/mol. The van der Waals surface area contributed by atoms with Crippen LogP contribution >= 0.6 is 0 Å². The molecule has 1 amide bonds. The van der Waals surface area contributed by atoms with E-state index in [-0.39, 0.29) is 10.8 Å². The summed E-state index contributed by atoms with van der Waals surface area (Å²) >= 11 is 0. The monoisotopic (exact) mass is 269 g/mol. The topological polar surface area (TPSA) is 63.2 Å². The molecule has 4 nitrogen and oxygen atoms in total. The largest absolute Gasteiger partial charge is 0.352 e. The molecule has 1 rings (SSSR count). The number of rotatable bonds is 5. The van der Waals surface area contributed by atoms with Crippen LogP contribution in [0.3, 0.4) is 0 Å². The Bertz CT molecular complexity index is 589. The summed E-state index contributed by atoms with van der Waals surface area (Å²) in [6.45, 7) is 3.57. The molecule has 1 aromatic rings. The van der Waals surface area contributed by atoms with Gasteiger partial charge in [0.25, 0.3) is 5.91 Å². The van der Waals surface area contributed by atoms with Crippen LogP contribution in [0.5, 0.6) is 0 Å². The Morgan fingerprint density at radius 1 is 1.50 bits per heavy atom. The SMILES string of the molecule is C=C=CC(=O)NCCc1cccc(S(=O)(=O)F)c1. The molecule has 0 aliphatic rings. The fraction of sp³-hybridized carbons (Fsp3) is 0.167. The third-order valence-corrected chi connectivity index (χ3v) is 2.94. The lowest BCUT2D eigenvalue weighted by Gasteiger charge is -2.03. The maximum Gasteiger partial charge on any atom is 0.332 e. The molecule has 0 unspecified atom stereocenters. The fourth-order valence-corrected chi connectivity index (χ4v) is 1.86. The van der Waals surface area contributed by atoms with E-state index in [1.165, 1.54) is 18.2 Å². The smallest absolute Gasteiger partial charge is 0.332 e. The second kappa shape index (κ2) is 6.14. The summed E-state index contributed by atoms with van der Waals surface area (Å²) < 4.78 is 34.1. The van der Waals surface area contributed by atoms with Crippen molar-refractivity contribution in [3.8, 4) is 0 Å². The van der Waals surface area contributed by atoms with Crippen molar-refractivity contribution in [3.63, 3.8) is 0 Å². The van der Waals surface area contributed by atoms with Crippen LogP contribution < -0.4 is 5.32 Å². The van der Waals surface area contributed by atoms with E-state index >= 15 is 0 Å². The van der Waals surface area contributed by atoms with Gasteiger partial charge in [0.05, 0.1) is 4.90 Å². The summed E-state index contributed by atoms with van der Waals surface area (Å²) in [5.41, 5.74) is 2.95. The fourth-order valence-electron chi connectivity index (χ4n) is 1.33. The zero-order valence-electron chi connectivity index (χ0n) is 9.52. The lowest BCUT2D eigenvalue weighted by molar-refractivity contribution is -0.116. The van der Waals surface area contributed by atoms with Crippen LogP contribution in [0, 0.1) is 0 Å². The molecule has 18 heavy (non-hydrogen) atoms. The highest BCUT2D eigenvalue weighted by Gasteiger charge is 2.11. The molecule has 0 saturated heterocycles. The van der Waals surface area contributed by atoms with Crippen LogP contribution in [0.1, 0.15) is 5.56 Å². The molecule has 0 fully saturated rings. The minimum atomic E-state index is -4.69. The molecular weight excluding hydrogens is 257 g/mol. The number of nitrogens with one attached hydrogen (secondary N) is 1. The maximum atomic E-state index is 12.7. The van der Waals surface area contributed by atoms with Gasteiger partial charge in [-0.05, 0) is 24.1 Å². The summed E-state index contributed by atoms with van der Waals surface area (Å²) in [4.78, 5) is 10.7. The molecule has 0 aromatic heterocycles.